The van der Waals surface area contributed by atoms with Crippen LogP contribution in [-0.2, 0) is 14.3 Å². The van der Waals surface area contributed by atoms with Crippen LogP contribution in [0.25, 0.3) is 10.4 Å². The number of carbonyl (C=O) groups is 1. The zero-order chi connectivity index (χ0) is 20.8. The molecule has 0 aromatic carbocycles. The van der Waals surface area contributed by atoms with Gasteiger partial charge in [-0.1, -0.05) is 18.8 Å². The lowest BCUT2D eigenvalue weighted by Gasteiger charge is -2.25. The van der Waals surface area contributed by atoms with Crippen molar-refractivity contribution in [2.24, 2.45) is 5.11 Å². The summed E-state index contributed by atoms with van der Waals surface area (Å²) in [6, 6.07) is 1.28. The van der Waals surface area contributed by atoms with Crippen LogP contribution in [0, 0.1) is 0 Å². The van der Waals surface area contributed by atoms with Crippen molar-refractivity contribution in [2.75, 3.05) is 12.3 Å². The summed E-state index contributed by atoms with van der Waals surface area (Å²) in [5.41, 5.74) is 11.1. The van der Waals surface area contributed by atoms with Gasteiger partial charge in [-0.3, -0.25) is 9.36 Å². The quantitative estimate of drug-likeness (QED) is 0.163. The van der Waals surface area contributed by atoms with Crippen LogP contribution in [0.1, 0.15) is 13.2 Å². The highest BCUT2D eigenvalue weighted by molar-refractivity contribution is 6.46. The molecule has 1 aromatic rings. The van der Waals surface area contributed by atoms with Crippen LogP contribution in [0.4, 0.5) is 5.82 Å². The monoisotopic (exact) mass is 384 g/mol. The number of ether oxygens (including phenoxy) is 2. The molecule has 0 aliphatic carbocycles. The second-order valence-corrected chi connectivity index (χ2v) is 5.89. The van der Waals surface area contributed by atoms with Gasteiger partial charge < -0.3 is 30.4 Å². The molecule has 1 aliphatic rings. The molecular weight excluding hydrogens is 363 g/mol. The van der Waals surface area contributed by atoms with E-state index in [2.05, 4.69) is 15.0 Å². The van der Waals surface area contributed by atoms with Crippen LogP contribution in [-0.4, -0.2) is 62.2 Å². The van der Waals surface area contributed by atoms with E-state index in [1.54, 1.807) is 13.6 Å². The fourth-order valence-electron chi connectivity index (χ4n) is 2.12. The summed E-state index contributed by atoms with van der Waals surface area (Å²) in [6.07, 6.45) is -3.60. The Morgan fingerprint density at radius 1 is 1.59 bits per heavy atom. The molecule has 1 aromatic heterocycles. The Bertz CT molecular complexity index is 765. The zero-order valence-electron chi connectivity index (χ0n) is 15.0. The summed E-state index contributed by atoms with van der Waals surface area (Å²) in [5.74, 6) is -0.752. The molecule has 14 heteroatoms. The third-order valence-corrected chi connectivity index (χ3v) is 3.22. The zero-order valence-corrected chi connectivity index (χ0v) is 15.0. The number of aliphatic hydroxyl groups excluding tert-OH is 2. The molecule has 2 heterocycles. The number of hydrogen-bond acceptors (Lipinski definition) is 10. The standard InChI is InChI=1S/C11H14N6O6.C2H7BO/c1-5(18)22-4-11(15-16-13)8(20)7(19)9(23-11)17-3-2-6(12)14-10(17)21;1-3(2)4/h2-3,7-9,19-20H,4H2,1H3,(H2,12,14,21);4H,1-2H3/t7-,8-,9+,11+;/m0./s1. The fraction of sp³-hybridized carbons (Fsp3) is 0.615. The van der Waals surface area contributed by atoms with Crippen LogP contribution in [0.2, 0.25) is 13.6 Å². The number of hydrogen-bond donors (Lipinski definition) is 4. The summed E-state index contributed by atoms with van der Waals surface area (Å²) in [6.45, 7) is 3.74. The van der Waals surface area contributed by atoms with E-state index >= 15 is 0 Å². The van der Waals surface area contributed by atoms with E-state index in [4.69, 9.17) is 25.8 Å². The van der Waals surface area contributed by atoms with E-state index in [0.717, 1.165) is 11.5 Å². The highest BCUT2D eigenvalue weighted by Gasteiger charge is 2.56. The molecule has 0 bridgehead atoms. The molecule has 1 fully saturated rings. The molecule has 2 rings (SSSR count). The van der Waals surface area contributed by atoms with Crippen LogP contribution in [0.3, 0.4) is 0 Å². The summed E-state index contributed by atoms with van der Waals surface area (Å²) < 4.78 is 10.9. The van der Waals surface area contributed by atoms with Gasteiger partial charge in [-0.15, -0.1) is 0 Å². The topological polar surface area (TPSA) is 206 Å². The molecule has 0 radical (unpaired) electrons. The first kappa shape index (κ1) is 22.4. The number of carbonyl (C=O) groups excluding carboxylic acids is 1. The number of nitrogen functional groups attached to an aromatic ring is 1. The normalized spacial score (nSPS) is 26.4. The van der Waals surface area contributed by atoms with Gasteiger partial charge in [0.05, 0.1) is 0 Å². The lowest BCUT2D eigenvalue weighted by Crippen LogP contribution is -2.45. The first-order chi connectivity index (χ1) is 12.5. The minimum absolute atomic E-state index is 0.0412. The van der Waals surface area contributed by atoms with E-state index in [0.29, 0.717) is 0 Å². The summed E-state index contributed by atoms with van der Waals surface area (Å²) >= 11 is 0. The average Bonchev–Trinajstić information content (AvgIpc) is 2.79. The molecule has 13 nitrogen and oxygen atoms in total. The van der Waals surface area contributed by atoms with Crippen molar-refractivity contribution in [3.63, 3.8) is 0 Å². The number of nitrogens with zero attached hydrogens (tertiary/aromatic N) is 5. The number of nitrogens with two attached hydrogens (primary N) is 1. The second-order valence-electron chi connectivity index (χ2n) is 5.89. The van der Waals surface area contributed by atoms with E-state index in [9.17, 15) is 19.8 Å². The Morgan fingerprint density at radius 3 is 2.67 bits per heavy atom. The molecule has 27 heavy (non-hydrogen) atoms. The Labute approximate surface area is 154 Å². The van der Waals surface area contributed by atoms with Gasteiger partial charge in [-0.25, -0.2) is 4.79 Å². The largest absolute Gasteiger partial charge is 0.463 e. The lowest BCUT2D eigenvalue weighted by atomic mass is 9.76. The molecule has 0 amide bonds. The maximum absolute atomic E-state index is 11.8. The third-order valence-electron chi connectivity index (χ3n) is 3.22. The molecule has 4 atom stereocenters. The average molecular weight is 384 g/mol. The van der Waals surface area contributed by atoms with Crippen molar-refractivity contribution in [3.05, 3.63) is 33.2 Å². The SMILES string of the molecule is CB(C)O.CC(=O)OC[C@@]1(N=[N+]=[N-])O[C@@H](n2ccc(N)nc2=O)[C@@H](O)[C@@H]1O. The van der Waals surface area contributed by atoms with Gasteiger partial charge in [0.25, 0.3) is 6.92 Å². The number of aliphatic hydroxyl groups is 2. The number of rotatable bonds is 4. The van der Waals surface area contributed by atoms with Crippen LogP contribution in [0.5, 0.6) is 0 Å². The summed E-state index contributed by atoms with van der Waals surface area (Å²) in [5, 5.41) is 31.6. The number of azide groups is 1. The van der Waals surface area contributed by atoms with Crippen LogP contribution < -0.4 is 11.4 Å². The van der Waals surface area contributed by atoms with E-state index < -0.39 is 42.4 Å². The van der Waals surface area contributed by atoms with Crippen LogP contribution >= 0.6 is 0 Å². The fourth-order valence-corrected chi connectivity index (χ4v) is 2.12. The third kappa shape index (κ3) is 5.67. The smallest absolute Gasteiger partial charge is 0.351 e. The maximum Gasteiger partial charge on any atom is 0.351 e. The molecule has 148 valence electrons. The van der Waals surface area contributed by atoms with Gasteiger partial charge in [-0.05, 0) is 11.6 Å². The molecule has 0 spiro atoms. The number of esters is 1. The molecular formula is C13H21BN6O7. The minimum atomic E-state index is -2.08. The van der Waals surface area contributed by atoms with Crippen molar-refractivity contribution in [1.29, 1.82) is 0 Å². The van der Waals surface area contributed by atoms with Crippen molar-refractivity contribution in [1.82, 2.24) is 9.55 Å². The Morgan fingerprint density at radius 2 is 2.19 bits per heavy atom. The van der Waals surface area contributed by atoms with Crippen molar-refractivity contribution < 1.29 is 29.5 Å². The van der Waals surface area contributed by atoms with E-state index in [1.807, 2.05) is 0 Å². The van der Waals surface area contributed by atoms with Crippen molar-refractivity contribution in [2.45, 2.75) is 44.7 Å². The maximum atomic E-state index is 11.8. The van der Waals surface area contributed by atoms with Gasteiger partial charge >= 0.3 is 11.7 Å². The second kappa shape index (κ2) is 9.34. The van der Waals surface area contributed by atoms with Gasteiger partial charge in [0, 0.05) is 18.0 Å². The molecule has 1 aliphatic heterocycles. The Balaban J connectivity index is 0.000000828. The first-order valence-corrected chi connectivity index (χ1v) is 7.80. The van der Waals surface area contributed by atoms with Gasteiger partial charge in [0.1, 0.15) is 24.6 Å². The van der Waals surface area contributed by atoms with Gasteiger partial charge in [0.2, 0.25) is 5.72 Å². The van der Waals surface area contributed by atoms with Gasteiger partial charge in [-0.2, -0.15) is 4.98 Å². The van der Waals surface area contributed by atoms with E-state index in [1.165, 1.54) is 12.3 Å². The van der Waals surface area contributed by atoms with Crippen LogP contribution in [0.15, 0.2) is 22.2 Å². The highest BCUT2D eigenvalue weighted by Crippen LogP contribution is 2.38. The molecule has 0 saturated carbocycles. The Kier molecular flexibility index (Phi) is 7.75. The lowest BCUT2D eigenvalue weighted by molar-refractivity contribution is -0.163. The highest BCUT2D eigenvalue weighted by atomic mass is 16.6. The number of anilines is 1. The van der Waals surface area contributed by atoms with Crippen molar-refractivity contribution >= 4 is 18.7 Å². The molecule has 5 N–H and O–H groups in total. The summed E-state index contributed by atoms with van der Waals surface area (Å²) in [4.78, 5) is 28.8. The number of aromatic nitrogens is 2. The minimum Gasteiger partial charge on any atom is -0.463 e. The Hall–Kier alpha value is -2.64. The van der Waals surface area contributed by atoms with Gasteiger partial charge in [0.15, 0.2) is 6.23 Å². The van der Waals surface area contributed by atoms with Crippen molar-refractivity contribution in [3.8, 4) is 0 Å². The summed E-state index contributed by atoms with van der Waals surface area (Å²) in [7, 11) is 0. The predicted molar refractivity (Wildman–Crippen MR) is 93.3 cm³/mol. The first-order valence-electron chi connectivity index (χ1n) is 7.80. The molecule has 0 unspecified atom stereocenters. The van der Waals surface area contributed by atoms with E-state index in [-0.39, 0.29) is 12.7 Å². The molecule has 1 saturated heterocycles. The predicted octanol–water partition coefficient (Wildman–Crippen LogP) is -1.12.